The third-order valence-corrected chi connectivity index (χ3v) is 3.77. The van der Waals surface area contributed by atoms with Crippen molar-refractivity contribution in [3.8, 4) is 0 Å². The van der Waals surface area contributed by atoms with Crippen LogP contribution in [-0.4, -0.2) is 26.3 Å². The van der Waals surface area contributed by atoms with Crippen LogP contribution < -0.4 is 5.32 Å². The Morgan fingerprint density at radius 1 is 1.12 bits per heavy atom. The molecule has 1 aliphatic rings. The van der Waals surface area contributed by atoms with Crippen molar-refractivity contribution in [1.82, 2.24) is 5.32 Å². The van der Waals surface area contributed by atoms with E-state index in [2.05, 4.69) is 19.3 Å². The molecule has 16 heavy (non-hydrogen) atoms. The van der Waals surface area contributed by atoms with Crippen LogP contribution in [0.5, 0.6) is 0 Å². The topological polar surface area (TPSA) is 21.3 Å². The summed E-state index contributed by atoms with van der Waals surface area (Å²) in [7, 11) is 2.09. The van der Waals surface area contributed by atoms with Gasteiger partial charge >= 0.3 is 0 Å². The lowest BCUT2D eigenvalue weighted by Crippen LogP contribution is -2.40. The van der Waals surface area contributed by atoms with Gasteiger partial charge in [-0.25, -0.2) is 0 Å². The van der Waals surface area contributed by atoms with Gasteiger partial charge in [-0.05, 0) is 25.8 Å². The highest BCUT2D eigenvalue weighted by atomic mass is 16.5. The van der Waals surface area contributed by atoms with Gasteiger partial charge in [0.1, 0.15) is 0 Å². The highest BCUT2D eigenvalue weighted by Gasteiger charge is 2.23. The Kier molecular flexibility index (Phi) is 7.87. The number of rotatable bonds is 8. The molecule has 1 N–H and O–H groups in total. The summed E-state index contributed by atoms with van der Waals surface area (Å²) in [6, 6.07) is 0.699. The molecule has 0 aliphatic carbocycles. The monoisotopic (exact) mass is 227 g/mol. The maximum atomic E-state index is 5.57. The van der Waals surface area contributed by atoms with Crippen molar-refractivity contribution in [2.75, 3.05) is 20.3 Å². The molecule has 0 spiro atoms. The van der Waals surface area contributed by atoms with Gasteiger partial charge in [0.25, 0.3) is 0 Å². The van der Waals surface area contributed by atoms with Gasteiger partial charge in [0, 0.05) is 12.6 Å². The van der Waals surface area contributed by atoms with Crippen LogP contribution in [0.25, 0.3) is 0 Å². The molecule has 1 heterocycles. The smallest absolute Gasteiger partial charge is 0.0509 e. The standard InChI is InChI=1S/C14H29NO/c1-3-4-5-6-7-8-9-13-12-16-11-10-14(13)15-2/h13-15H,3-12H2,1-2H3. The molecule has 0 aromatic carbocycles. The van der Waals surface area contributed by atoms with E-state index in [1.165, 1.54) is 51.4 Å². The molecule has 1 aliphatic heterocycles. The maximum Gasteiger partial charge on any atom is 0.0509 e. The highest BCUT2D eigenvalue weighted by Crippen LogP contribution is 2.21. The van der Waals surface area contributed by atoms with E-state index in [0.717, 1.165) is 19.1 Å². The van der Waals surface area contributed by atoms with Gasteiger partial charge in [0.15, 0.2) is 0 Å². The molecular weight excluding hydrogens is 198 g/mol. The SMILES string of the molecule is CCCCCCCCC1COCCC1NC. The molecule has 1 rings (SSSR count). The van der Waals surface area contributed by atoms with E-state index in [1.54, 1.807) is 0 Å². The molecule has 1 saturated heterocycles. The summed E-state index contributed by atoms with van der Waals surface area (Å²) in [6.07, 6.45) is 10.9. The van der Waals surface area contributed by atoms with Crippen LogP contribution in [0.2, 0.25) is 0 Å². The van der Waals surface area contributed by atoms with E-state index < -0.39 is 0 Å². The summed E-state index contributed by atoms with van der Waals surface area (Å²) in [5.41, 5.74) is 0. The average molecular weight is 227 g/mol. The Labute approximate surface area is 101 Å². The van der Waals surface area contributed by atoms with Crippen molar-refractivity contribution in [2.24, 2.45) is 5.92 Å². The quantitative estimate of drug-likeness (QED) is 0.642. The predicted octanol–water partition coefficient (Wildman–Crippen LogP) is 3.36. The van der Waals surface area contributed by atoms with Crippen LogP contribution in [-0.2, 0) is 4.74 Å². The summed E-state index contributed by atoms with van der Waals surface area (Å²) in [4.78, 5) is 0. The molecule has 0 bridgehead atoms. The molecule has 0 radical (unpaired) electrons. The first-order valence-corrected chi connectivity index (χ1v) is 7.13. The van der Waals surface area contributed by atoms with Crippen molar-refractivity contribution in [2.45, 2.75) is 64.3 Å². The van der Waals surface area contributed by atoms with E-state index in [1.807, 2.05) is 0 Å². The minimum absolute atomic E-state index is 0.699. The fraction of sp³-hybridized carbons (Fsp3) is 1.00. The molecule has 1 fully saturated rings. The van der Waals surface area contributed by atoms with Gasteiger partial charge in [-0.1, -0.05) is 45.4 Å². The third-order valence-electron chi connectivity index (χ3n) is 3.77. The van der Waals surface area contributed by atoms with Crippen LogP contribution in [0.15, 0.2) is 0 Å². The van der Waals surface area contributed by atoms with Gasteiger partial charge in [0.2, 0.25) is 0 Å². The van der Waals surface area contributed by atoms with Crippen molar-refractivity contribution in [3.05, 3.63) is 0 Å². The van der Waals surface area contributed by atoms with E-state index >= 15 is 0 Å². The van der Waals surface area contributed by atoms with Gasteiger partial charge in [-0.15, -0.1) is 0 Å². The van der Waals surface area contributed by atoms with Gasteiger partial charge in [0.05, 0.1) is 6.61 Å². The first-order chi connectivity index (χ1) is 7.88. The Morgan fingerprint density at radius 3 is 2.62 bits per heavy atom. The fourth-order valence-corrected chi connectivity index (χ4v) is 2.65. The number of unbranched alkanes of at least 4 members (excludes halogenated alkanes) is 5. The Bertz CT molecular complexity index is 161. The molecule has 2 nitrogen and oxygen atoms in total. The van der Waals surface area contributed by atoms with Crippen LogP contribution in [0, 0.1) is 5.92 Å². The predicted molar refractivity (Wildman–Crippen MR) is 69.8 cm³/mol. The van der Waals surface area contributed by atoms with Crippen molar-refractivity contribution < 1.29 is 4.74 Å². The summed E-state index contributed by atoms with van der Waals surface area (Å²) >= 11 is 0. The summed E-state index contributed by atoms with van der Waals surface area (Å²) < 4.78 is 5.57. The Morgan fingerprint density at radius 2 is 1.88 bits per heavy atom. The van der Waals surface area contributed by atoms with Gasteiger partial charge < -0.3 is 10.1 Å². The summed E-state index contributed by atoms with van der Waals surface area (Å²) in [6.45, 7) is 4.19. The lowest BCUT2D eigenvalue weighted by atomic mass is 9.90. The highest BCUT2D eigenvalue weighted by molar-refractivity contribution is 4.78. The van der Waals surface area contributed by atoms with Crippen LogP contribution >= 0.6 is 0 Å². The molecule has 2 atom stereocenters. The number of hydrogen-bond donors (Lipinski definition) is 1. The lowest BCUT2D eigenvalue weighted by molar-refractivity contribution is 0.0298. The molecule has 0 saturated carbocycles. The largest absolute Gasteiger partial charge is 0.381 e. The van der Waals surface area contributed by atoms with Crippen molar-refractivity contribution >= 4 is 0 Å². The van der Waals surface area contributed by atoms with Crippen LogP contribution in [0.3, 0.4) is 0 Å². The zero-order chi connectivity index (χ0) is 11.6. The average Bonchev–Trinajstić information content (AvgIpc) is 2.34. The zero-order valence-electron chi connectivity index (χ0n) is 11.1. The summed E-state index contributed by atoms with van der Waals surface area (Å²) in [5, 5.41) is 3.44. The van der Waals surface area contributed by atoms with E-state index in [-0.39, 0.29) is 0 Å². The van der Waals surface area contributed by atoms with Gasteiger partial charge in [-0.3, -0.25) is 0 Å². The second kappa shape index (κ2) is 9.00. The Hall–Kier alpha value is -0.0800. The first kappa shape index (κ1) is 14.0. The molecule has 2 unspecified atom stereocenters. The molecule has 0 aromatic rings. The maximum absolute atomic E-state index is 5.57. The van der Waals surface area contributed by atoms with Crippen molar-refractivity contribution in [3.63, 3.8) is 0 Å². The molecule has 96 valence electrons. The second-order valence-corrected chi connectivity index (χ2v) is 5.08. The fourth-order valence-electron chi connectivity index (χ4n) is 2.65. The van der Waals surface area contributed by atoms with Crippen LogP contribution in [0.1, 0.15) is 58.3 Å². The van der Waals surface area contributed by atoms with E-state index in [0.29, 0.717) is 6.04 Å². The molecule has 2 heteroatoms. The molecule has 0 aromatic heterocycles. The molecular formula is C14H29NO. The number of nitrogens with one attached hydrogen (secondary N) is 1. The minimum atomic E-state index is 0.699. The first-order valence-electron chi connectivity index (χ1n) is 7.13. The van der Waals surface area contributed by atoms with Crippen LogP contribution in [0.4, 0.5) is 0 Å². The summed E-state index contributed by atoms with van der Waals surface area (Å²) in [5.74, 6) is 0.755. The normalized spacial score (nSPS) is 25.9. The lowest BCUT2D eigenvalue weighted by Gasteiger charge is -2.31. The minimum Gasteiger partial charge on any atom is -0.381 e. The van der Waals surface area contributed by atoms with Gasteiger partial charge in [-0.2, -0.15) is 0 Å². The number of hydrogen-bond acceptors (Lipinski definition) is 2. The zero-order valence-corrected chi connectivity index (χ0v) is 11.1. The number of ether oxygens (including phenoxy) is 1. The van der Waals surface area contributed by atoms with E-state index in [4.69, 9.17) is 4.74 Å². The third kappa shape index (κ3) is 5.31. The van der Waals surface area contributed by atoms with E-state index in [9.17, 15) is 0 Å². The Balaban J connectivity index is 2.02. The second-order valence-electron chi connectivity index (χ2n) is 5.08. The molecule has 0 amide bonds. The van der Waals surface area contributed by atoms with Crippen molar-refractivity contribution in [1.29, 1.82) is 0 Å².